The molecule has 0 bridgehead atoms. The number of halogens is 1. The number of benzene rings is 1. The molecular weight excluding hydrogens is 279 g/mol. The first-order chi connectivity index (χ1) is 10.7. The Morgan fingerprint density at radius 1 is 1.14 bits per heavy atom. The van der Waals surface area contributed by atoms with Crippen molar-refractivity contribution in [3.63, 3.8) is 0 Å². The minimum absolute atomic E-state index is 0.405. The Balaban J connectivity index is 1.66. The van der Waals surface area contributed by atoms with Crippen LogP contribution in [0.25, 0.3) is 11.0 Å². The SMILES string of the molecule is Cc1ccc2nn(CCC#Cc3cccc(CF)n3)nc2c1. The predicted molar refractivity (Wildman–Crippen MR) is 82.8 cm³/mol. The van der Waals surface area contributed by atoms with Gasteiger partial charge in [-0.25, -0.2) is 9.37 Å². The molecule has 5 heteroatoms. The first-order valence-corrected chi connectivity index (χ1v) is 7.07. The molecule has 0 saturated heterocycles. The van der Waals surface area contributed by atoms with Gasteiger partial charge in [-0.2, -0.15) is 15.0 Å². The summed E-state index contributed by atoms with van der Waals surface area (Å²) in [5.41, 5.74) is 3.94. The van der Waals surface area contributed by atoms with Crippen LogP contribution in [0.15, 0.2) is 36.4 Å². The minimum atomic E-state index is -0.571. The molecule has 1 aromatic carbocycles. The van der Waals surface area contributed by atoms with E-state index in [0.29, 0.717) is 24.4 Å². The number of aromatic nitrogens is 4. The molecule has 0 N–H and O–H groups in total. The number of alkyl halides is 1. The minimum Gasteiger partial charge on any atom is -0.244 e. The van der Waals surface area contributed by atoms with Crippen LogP contribution in [0, 0.1) is 18.8 Å². The van der Waals surface area contributed by atoms with E-state index in [2.05, 4.69) is 27.0 Å². The number of fused-ring (bicyclic) bond motifs is 1. The van der Waals surface area contributed by atoms with Crippen LogP contribution < -0.4 is 0 Å². The summed E-state index contributed by atoms with van der Waals surface area (Å²) in [5, 5.41) is 8.82. The Labute approximate surface area is 128 Å². The molecule has 0 atom stereocenters. The van der Waals surface area contributed by atoms with Crippen molar-refractivity contribution in [3.05, 3.63) is 53.3 Å². The van der Waals surface area contributed by atoms with Gasteiger partial charge in [0.15, 0.2) is 0 Å². The summed E-state index contributed by atoms with van der Waals surface area (Å²) in [6, 6.07) is 11.2. The smallest absolute Gasteiger partial charge is 0.131 e. The summed E-state index contributed by atoms with van der Waals surface area (Å²) in [6.45, 7) is 2.07. The number of hydrogen-bond donors (Lipinski definition) is 0. The van der Waals surface area contributed by atoms with Crippen LogP contribution in [-0.4, -0.2) is 20.0 Å². The van der Waals surface area contributed by atoms with Crippen molar-refractivity contribution < 1.29 is 4.39 Å². The Morgan fingerprint density at radius 2 is 2.00 bits per heavy atom. The summed E-state index contributed by atoms with van der Waals surface area (Å²) in [4.78, 5) is 5.75. The van der Waals surface area contributed by atoms with Crippen LogP contribution in [0.3, 0.4) is 0 Å². The Kier molecular flexibility index (Phi) is 4.10. The normalized spacial score (nSPS) is 10.5. The van der Waals surface area contributed by atoms with Gasteiger partial charge in [-0.15, -0.1) is 0 Å². The fourth-order valence-corrected chi connectivity index (χ4v) is 2.10. The van der Waals surface area contributed by atoms with Gasteiger partial charge in [-0.3, -0.25) is 0 Å². The molecule has 4 nitrogen and oxygen atoms in total. The zero-order valence-electron chi connectivity index (χ0n) is 12.3. The lowest BCUT2D eigenvalue weighted by Gasteiger charge is -1.94. The first kappa shape index (κ1) is 14.2. The number of nitrogens with zero attached hydrogens (tertiary/aromatic N) is 4. The Hall–Kier alpha value is -2.74. The van der Waals surface area contributed by atoms with Gasteiger partial charge in [-0.1, -0.05) is 18.1 Å². The van der Waals surface area contributed by atoms with Gasteiger partial charge in [0.05, 0.1) is 12.2 Å². The molecule has 2 heterocycles. The zero-order valence-corrected chi connectivity index (χ0v) is 12.3. The molecule has 0 aliphatic rings. The van der Waals surface area contributed by atoms with Crippen LogP contribution >= 0.6 is 0 Å². The predicted octanol–water partition coefficient (Wildman–Crippen LogP) is 3.05. The number of aryl methyl sites for hydroxylation is 2. The van der Waals surface area contributed by atoms with Crippen molar-refractivity contribution in [1.82, 2.24) is 20.0 Å². The van der Waals surface area contributed by atoms with Crippen molar-refractivity contribution >= 4 is 11.0 Å². The van der Waals surface area contributed by atoms with Crippen LogP contribution in [0.2, 0.25) is 0 Å². The van der Waals surface area contributed by atoms with Gasteiger partial charge >= 0.3 is 0 Å². The van der Waals surface area contributed by atoms with Gasteiger partial charge in [0.1, 0.15) is 23.4 Å². The van der Waals surface area contributed by atoms with Crippen molar-refractivity contribution in [2.75, 3.05) is 0 Å². The van der Waals surface area contributed by atoms with Gasteiger partial charge in [0, 0.05) is 6.42 Å². The summed E-state index contributed by atoms with van der Waals surface area (Å²) in [5.74, 6) is 5.96. The molecular formula is C17H15FN4. The van der Waals surface area contributed by atoms with E-state index in [4.69, 9.17) is 0 Å². The fourth-order valence-electron chi connectivity index (χ4n) is 2.10. The summed E-state index contributed by atoms with van der Waals surface area (Å²) in [7, 11) is 0. The molecule has 0 aliphatic heterocycles. The monoisotopic (exact) mass is 294 g/mol. The average Bonchev–Trinajstić information content (AvgIpc) is 2.93. The molecule has 3 aromatic rings. The van der Waals surface area contributed by atoms with Crippen molar-refractivity contribution in [3.8, 4) is 11.8 Å². The van der Waals surface area contributed by atoms with Gasteiger partial charge in [-0.05, 0) is 42.7 Å². The summed E-state index contributed by atoms with van der Waals surface area (Å²) in [6.07, 6.45) is 0.613. The molecule has 110 valence electrons. The lowest BCUT2D eigenvalue weighted by atomic mass is 10.2. The molecule has 0 saturated carbocycles. The van der Waals surface area contributed by atoms with Gasteiger partial charge in [0.25, 0.3) is 0 Å². The molecule has 0 amide bonds. The molecule has 0 fully saturated rings. The molecule has 0 spiro atoms. The van der Waals surface area contributed by atoms with E-state index in [0.717, 1.165) is 16.6 Å². The van der Waals surface area contributed by atoms with Crippen LogP contribution in [0.5, 0.6) is 0 Å². The Morgan fingerprint density at radius 3 is 2.86 bits per heavy atom. The maximum Gasteiger partial charge on any atom is 0.131 e. The molecule has 0 aliphatic carbocycles. The van der Waals surface area contributed by atoms with Crippen molar-refractivity contribution in [2.24, 2.45) is 0 Å². The third-order valence-electron chi connectivity index (χ3n) is 3.17. The second-order valence-corrected chi connectivity index (χ2v) is 4.99. The lowest BCUT2D eigenvalue weighted by Crippen LogP contribution is -2.01. The van der Waals surface area contributed by atoms with Crippen LogP contribution in [0.4, 0.5) is 4.39 Å². The van der Waals surface area contributed by atoms with E-state index in [9.17, 15) is 4.39 Å². The third kappa shape index (κ3) is 3.29. The van der Waals surface area contributed by atoms with Gasteiger partial charge < -0.3 is 0 Å². The Bertz CT molecular complexity index is 858. The quantitative estimate of drug-likeness (QED) is 0.697. The molecule has 3 rings (SSSR count). The molecule has 0 radical (unpaired) electrons. The number of hydrogen-bond acceptors (Lipinski definition) is 3. The van der Waals surface area contributed by atoms with Crippen LogP contribution in [-0.2, 0) is 13.2 Å². The molecule has 2 aromatic heterocycles. The maximum atomic E-state index is 12.5. The average molecular weight is 294 g/mol. The van der Waals surface area contributed by atoms with Crippen LogP contribution in [0.1, 0.15) is 23.4 Å². The first-order valence-electron chi connectivity index (χ1n) is 7.07. The number of pyridine rings is 1. The van der Waals surface area contributed by atoms with E-state index >= 15 is 0 Å². The highest BCUT2D eigenvalue weighted by Crippen LogP contribution is 2.10. The molecule has 22 heavy (non-hydrogen) atoms. The van der Waals surface area contributed by atoms with Crippen molar-refractivity contribution in [1.29, 1.82) is 0 Å². The maximum absolute atomic E-state index is 12.5. The highest BCUT2D eigenvalue weighted by atomic mass is 19.1. The van der Waals surface area contributed by atoms with E-state index in [1.54, 1.807) is 23.0 Å². The van der Waals surface area contributed by atoms with E-state index in [1.807, 2.05) is 25.1 Å². The topological polar surface area (TPSA) is 43.6 Å². The van der Waals surface area contributed by atoms with Gasteiger partial charge in [0.2, 0.25) is 0 Å². The van der Waals surface area contributed by atoms with Crippen molar-refractivity contribution in [2.45, 2.75) is 26.6 Å². The third-order valence-corrected chi connectivity index (χ3v) is 3.17. The summed E-state index contributed by atoms with van der Waals surface area (Å²) >= 11 is 0. The fraction of sp³-hybridized carbons (Fsp3) is 0.235. The standard InChI is InChI=1S/C17H15FN4/c1-13-8-9-16-17(11-13)21-22(20-16)10-3-2-5-14-6-4-7-15(12-18)19-14/h4,6-9,11H,3,10,12H2,1H3. The summed E-state index contributed by atoms with van der Waals surface area (Å²) < 4.78 is 12.5. The van der Waals surface area contributed by atoms with E-state index in [-0.39, 0.29) is 0 Å². The van der Waals surface area contributed by atoms with E-state index in [1.165, 1.54) is 0 Å². The largest absolute Gasteiger partial charge is 0.244 e. The zero-order chi connectivity index (χ0) is 15.4. The number of rotatable bonds is 3. The van der Waals surface area contributed by atoms with E-state index < -0.39 is 6.67 Å². The highest BCUT2D eigenvalue weighted by molar-refractivity contribution is 5.74. The lowest BCUT2D eigenvalue weighted by molar-refractivity contribution is 0.476. The second-order valence-electron chi connectivity index (χ2n) is 4.99. The highest BCUT2D eigenvalue weighted by Gasteiger charge is 2.01. The molecule has 0 unspecified atom stereocenters. The second kappa shape index (κ2) is 6.35.